The van der Waals surface area contributed by atoms with Crippen molar-refractivity contribution >= 4 is 84.5 Å². The number of aromatic nitrogens is 19. The van der Waals surface area contributed by atoms with Gasteiger partial charge in [-0.05, 0) is 140 Å². The van der Waals surface area contributed by atoms with E-state index >= 15 is 0 Å². The van der Waals surface area contributed by atoms with E-state index in [9.17, 15) is 0 Å². The summed E-state index contributed by atoms with van der Waals surface area (Å²) < 4.78 is 29.0. The smallest absolute Gasteiger partial charge is 0.398 e. The second-order valence-electron chi connectivity index (χ2n) is 27.4. The molecule has 9 N–H and O–H groups in total. The zero-order chi connectivity index (χ0) is 79.1. The molecular formula is C83H92BCl4N23O4. The van der Waals surface area contributed by atoms with E-state index in [0.29, 0.717) is 29.0 Å². The molecule has 27 nitrogen and oxygen atoms in total. The van der Waals surface area contributed by atoms with Gasteiger partial charge in [-0.15, -0.1) is 41.5 Å². The fourth-order valence-corrected chi connectivity index (χ4v) is 12.4. The molecule has 10 aromatic heterocycles. The van der Waals surface area contributed by atoms with E-state index in [4.69, 9.17) is 64.9 Å². The first kappa shape index (κ1) is 86.0. The van der Waals surface area contributed by atoms with Crippen LogP contribution in [0.4, 0.5) is 23.8 Å². The predicted molar refractivity (Wildman–Crippen MR) is 456 cm³/mol. The van der Waals surface area contributed by atoms with Crippen molar-refractivity contribution < 1.29 is 18.8 Å². The number of H-pyrrole nitrogens is 1. The van der Waals surface area contributed by atoms with Crippen molar-refractivity contribution in [3.63, 3.8) is 0 Å². The Kier molecular flexibility index (Phi) is 31.0. The summed E-state index contributed by atoms with van der Waals surface area (Å²) in [6.45, 7) is 14.5. The Hall–Kier alpha value is -11.5. The van der Waals surface area contributed by atoms with Crippen molar-refractivity contribution in [2.24, 2.45) is 0 Å². The maximum Gasteiger partial charge on any atom is 0.516 e. The number of nitrogen functional groups attached to an aromatic ring is 4. The number of anilines is 4. The van der Waals surface area contributed by atoms with Crippen LogP contribution in [0.3, 0.4) is 0 Å². The molecule has 0 saturated carbocycles. The molecule has 3 aliphatic heterocycles. The zero-order valence-electron chi connectivity index (χ0n) is 64.6. The maximum atomic E-state index is 6.01. The minimum absolute atomic E-state index is 0. The Morgan fingerprint density at radius 3 is 1.34 bits per heavy atom. The second-order valence-corrected chi connectivity index (χ2v) is 28.0. The summed E-state index contributed by atoms with van der Waals surface area (Å²) in [4.78, 5) is 42.5. The Balaban J connectivity index is 0.000000149. The number of nitrogens with one attached hydrogen (secondary N) is 1. The number of hydrogen-bond acceptors (Lipinski definition) is 23. The van der Waals surface area contributed by atoms with Crippen molar-refractivity contribution in [1.82, 2.24) is 94.6 Å². The number of halogens is 4. The van der Waals surface area contributed by atoms with Crippen LogP contribution in [0.15, 0.2) is 225 Å². The molecule has 594 valence electrons. The number of aromatic amines is 1. The van der Waals surface area contributed by atoms with Gasteiger partial charge in [0, 0.05) is 71.5 Å². The molecule has 0 spiro atoms. The van der Waals surface area contributed by atoms with Gasteiger partial charge in [0.05, 0.1) is 92.4 Å². The lowest BCUT2D eigenvalue weighted by molar-refractivity contribution is -0.0394. The second kappa shape index (κ2) is 41.5. The van der Waals surface area contributed by atoms with Crippen LogP contribution in [0.5, 0.6) is 0 Å². The number of rotatable bonds is 15. The van der Waals surface area contributed by atoms with Gasteiger partial charge >= 0.3 is 7.12 Å². The van der Waals surface area contributed by atoms with Crippen LogP contribution in [0.1, 0.15) is 115 Å². The Morgan fingerprint density at radius 2 is 0.878 bits per heavy atom. The van der Waals surface area contributed by atoms with E-state index in [1.54, 1.807) is 16.9 Å². The Labute approximate surface area is 690 Å². The SMILES string of the molecule is CC1(C)OB(c2ccn(C3CCCCO3)n2)OC1(C)C.CCc1cccc(CCl)n1.CCc1cccc(Cn2cc(-c3cc(-c4ccccc4)nc(N)n3)nn2)n1.Cl.Cl.Nc1nc(-c2ccccc2)cc(-c2ccn(C3CCCCO3)n2)n1.Nc1nc(-c2ccccc2)cc(-c2ccn[nH]2)n1.Nc1nc(Cl)cc(-c2ccccc2)n1. The molecule has 4 aromatic carbocycles. The van der Waals surface area contributed by atoms with E-state index in [1.807, 2.05) is 250 Å². The molecule has 17 rings (SSSR count). The number of hydrogen-bond donors (Lipinski definition) is 5. The fourth-order valence-electron chi connectivity index (χ4n) is 12.0. The van der Waals surface area contributed by atoms with Gasteiger partial charge in [-0.2, -0.15) is 15.3 Å². The van der Waals surface area contributed by atoms with Crippen LogP contribution < -0.4 is 28.5 Å². The van der Waals surface area contributed by atoms with Gasteiger partial charge in [0.15, 0.2) is 0 Å². The Bertz CT molecular complexity index is 5260. The summed E-state index contributed by atoms with van der Waals surface area (Å²) in [6, 6.07) is 64.4. The molecule has 3 saturated heterocycles. The lowest BCUT2D eigenvalue weighted by Crippen LogP contribution is -2.41. The molecule has 0 radical (unpaired) electrons. The highest BCUT2D eigenvalue weighted by atomic mass is 35.5. The van der Waals surface area contributed by atoms with Crippen molar-refractivity contribution in [2.75, 3.05) is 36.1 Å². The molecule has 0 aliphatic carbocycles. The van der Waals surface area contributed by atoms with Crippen molar-refractivity contribution in [2.45, 2.75) is 129 Å². The van der Waals surface area contributed by atoms with Crippen LogP contribution in [0.25, 0.3) is 79.2 Å². The Morgan fingerprint density at radius 1 is 0.452 bits per heavy atom. The van der Waals surface area contributed by atoms with Crippen LogP contribution in [0.2, 0.25) is 5.15 Å². The summed E-state index contributed by atoms with van der Waals surface area (Å²) in [5.41, 5.74) is 38.7. The van der Waals surface area contributed by atoms with E-state index in [0.717, 1.165) is 148 Å². The quantitative estimate of drug-likeness (QED) is 0.0361. The van der Waals surface area contributed by atoms with Gasteiger partial charge in [0.1, 0.15) is 29.0 Å². The molecule has 14 aromatic rings. The monoisotopic (exact) mass is 1630 g/mol. The number of nitrogens with zero attached hydrogens (tertiary/aromatic N) is 18. The normalized spacial score (nSPS) is 15.0. The topological polar surface area (TPSA) is 365 Å². The largest absolute Gasteiger partial charge is 0.516 e. The first-order valence-corrected chi connectivity index (χ1v) is 38.3. The molecule has 0 amide bonds. The van der Waals surface area contributed by atoms with Gasteiger partial charge in [-0.3, -0.25) is 15.1 Å². The number of pyridine rings is 2. The third-order valence-corrected chi connectivity index (χ3v) is 19.1. The standard InChI is InChI=1S/C20H19N7.C18H19N5O.C14H23BN2O3.C13H11N5.C10H8ClN3.C8H10ClN.2ClH/c1-2-15-9-6-10-16(22-15)12-27-13-19(25-26-27)18-11-17(23-20(21)24-18)14-7-4-3-5-8-14;19-18-20-15(13-6-2-1-3-7-13)12-16(21-18)14-9-10-23(22-14)17-8-4-5-11-24-17;1-13(2)14(3,4)20-15(19-13)11-8-9-17(16-11)12-7-5-6-10-18-12;14-13-16-11(9-4-2-1-3-5-9)8-12(17-13)10-6-7-15-18-10;11-9-6-8(13-10(12)14-9)7-4-2-1-3-5-7;1-2-7-4-3-5-8(6-9)10-7;;/h3-11,13H,2,12H2,1H3,(H2,21,23,24);1-3,6-7,9-10,12,17H,4-5,8,11H2,(H2,19,20,21);8-9,12H,5-7,10H2,1-4H3;1-8H,(H,15,18)(H2,14,16,17);1-6H,(H2,12,13,14);3-5H,2,6H2,1H3;2*1H. The molecule has 2 atom stereocenters. The van der Waals surface area contributed by atoms with Gasteiger partial charge in [0.25, 0.3) is 0 Å². The predicted octanol–water partition coefficient (Wildman–Crippen LogP) is 15.9. The van der Waals surface area contributed by atoms with E-state index in [-0.39, 0.29) is 72.3 Å². The minimum atomic E-state index is -0.398. The third kappa shape index (κ3) is 24.1. The molecular weight excluding hydrogens is 1540 g/mol. The summed E-state index contributed by atoms with van der Waals surface area (Å²) in [5, 5.41) is 24.8. The first-order chi connectivity index (χ1) is 54.8. The lowest BCUT2D eigenvalue weighted by Gasteiger charge is -2.32. The lowest BCUT2D eigenvalue weighted by atomic mass is 9.85. The van der Waals surface area contributed by atoms with E-state index in [2.05, 4.69) is 94.4 Å². The number of nitrogens with two attached hydrogens (primary N) is 4. The highest BCUT2D eigenvalue weighted by Crippen LogP contribution is 2.37. The van der Waals surface area contributed by atoms with Crippen LogP contribution >= 0.6 is 48.0 Å². The van der Waals surface area contributed by atoms with Crippen LogP contribution in [0, 0.1) is 0 Å². The maximum absolute atomic E-state index is 6.01. The summed E-state index contributed by atoms with van der Waals surface area (Å²) in [7, 11) is -0.398. The summed E-state index contributed by atoms with van der Waals surface area (Å²) in [5.74, 6) is 1.40. The van der Waals surface area contributed by atoms with Crippen LogP contribution in [-0.4, -0.2) is 126 Å². The summed E-state index contributed by atoms with van der Waals surface area (Å²) in [6.07, 6.45) is 16.0. The summed E-state index contributed by atoms with van der Waals surface area (Å²) >= 11 is 11.4. The molecule has 3 aliphatic rings. The molecule has 32 heteroatoms. The molecule has 2 unspecified atom stereocenters. The first-order valence-electron chi connectivity index (χ1n) is 37.3. The number of benzene rings is 4. The van der Waals surface area contributed by atoms with Gasteiger partial charge in [-0.25, -0.2) is 53.9 Å². The van der Waals surface area contributed by atoms with Crippen molar-refractivity contribution in [3.05, 3.63) is 253 Å². The van der Waals surface area contributed by atoms with Gasteiger partial charge in [-0.1, -0.05) is 164 Å². The number of ether oxygens (including phenoxy) is 2. The van der Waals surface area contributed by atoms with Crippen molar-refractivity contribution in [3.8, 4) is 79.2 Å². The minimum Gasteiger partial charge on any atom is -0.398 e. The van der Waals surface area contributed by atoms with Crippen molar-refractivity contribution in [1.29, 1.82) is 0 Å². The van der Waals surface area contributed by atoms with Gasteiger partial charge < -0.3 is 41.7 Å². The zero-order valence-corrected chi connectivity index (χ0v) is 67.8. The fraction of sp³-hybridized carbons (Fsp3) is 0.265. The molecule has 3 fully saturated rings. The average molecular weight is 1630 g/mol. The highest BCUT2D eigenvalue weighted by Gasteiger charge is 2.52. The van der Waals surface area contributed by atoms with Crippen LogP contribution in [-0.2, 0) is 44.0 Å². The molecule has 0 bridgehead atoms. The molecule has 13 heterocycles. The molecule has 115 heavy (non-hydrogen) atoms. The van der Waals surface area contributed by atoms with Gasteiger partial charge in [0.2, 0.25) is 23.8 Å². The number of aryl methyl sites for hydroxylation is 2. The van der Waals surface area contributed by atoms with E-state index in [1.165, 1.54) is 12.8 Å². The number of alkyl halides is 1. The third-order valence-electron chi connectivity index (χ3n) is 18.6. The van der Waals surface area contributed by atoms with E-state index < -0.39 is 7.12 Å². The highest BCUT2D eigenvalue weighted by molar-refractivity contribution is 6.61. The average Bonchev–Trinajstić information content (AvgIpc) is 1.62.